The summed E-state index contributed by atoms with van der Waals surface area (Å²) in [5.74, 6) is 0.998. The van der Waals surface area contributed by atoms with Crippen molar-refractivity contribution in [2.45, 2.75) is 44.8 Å². The number of hydrogen-bond acceptors (Lipinski definition) is 3. The molecular weight excluding hydrogens is 206 g/mol. The fraction of sp³-hybridized carbons (Fsp3) is 0.917. The van der Waals surface area contributed by atoms with Crippen molar-refractivity contribution in [3.8, 4) is 0 Å². The second kappa shape index (κ2) is 5.15. The van der Waals surface area contributed by atoms with Gasteiger partial charge in [0.15, 0.2) is 6.10 Å². The van der Waals surface area contributed by atoms with Gasteiger partial charge >= 0.3 is 0 Å². The van der Waals surface area contributed by atoms with E-state index in [1.165, 1.54) is 25.7 Å². The van der Waals surface area contributed by atoms with Crippen LogP contribution in [-0.4, -0.2) is 36.4 Å². The zero-order valence-corrected chi connectivity index (χ0v) is 9.82. The van der Waals surface area contributed by atoms with E-state index in [0.29, 0.717) is 25.0 Å². The first kappa shape index (κ1) is 11.9. The highest BCUT2D eigenvalue weighted by molar-refractivity contribution is 5.81. The Kier molecular flexibility index (Phi) is 3.82. The topological polar surface area (TPSA) is 58.6 Å². The fourth-order valence-electron chi connectivity index (χ4n) is 1.55. The molecule has 4 nitrogen and oxygen atoms in total. The Labute approximate surface area is 96.4 Å². The van der Waals surface area contributed by atoms with Gasteiger partial charge in [0.1, 0.15) is 0 Å². The molecule has 2 atom stereocenters. The maximum absolute atomic E-state index is 11.5. The standard InChI is InChI=1S/C12H21NO3/c1-8(16-7-10-4-5-10)11(14)12(15)13-6-9-2-3-9/h8-11,14H,2-7H2,1H3,(H,13,15). The van der Waals surface area contributed by atoms with Gasteiger partial charge in [-0.15, -0.1) is 0 Å². The summed E-state index contributed by atoms with van der Waals surface area (Å²) < 4.78 is 5.46. The summed E-state index contributed by atoms with van der Waals surface area (Å²) in [7, 11) is 0. The molecule has 0 aromatic rings. The van der Waals surface area contributed by atoms with Gasteiger partial charge in [0, 0.05) is 13.2 Å². The third kappa shape index (κ3) is 3.76. The molecule has 4 heteroatoms. The first-order chi connectivity index (χ1) is 7.66. The lowest BCUT2D eigenvalue weighted by Crippen LogP contribution is -2.43. The molecule has 0 spiro atoms. The Bertz CT molecular complexity index is 249. The molecule has 0 saturated heterocycles. The number of aliphatic hydroxyl groups is 1. The van der Waals surface area contributed by atoms with Gasteiger partial charge in [-0.2, -0.15) is 0 Å². The summed E-state index contributed by atoms with van der Waals surface area (Å²) in [5, 5.41) is 12.5. The molecule has 1 amide bonds. The molecule has 2 N–H and O–H groups in total. The average Bonchev–Trinajstić information content (AvgIpc) is 3.15. The van der Waals surface area contributed by atoms with Crippen LogP contribution in [0.3, 0.4) is 0 Å². The quantitative estimate of drug-likeness (QED) is 0.672. The minimum absolute atomic E-state index is 0.296. The van der Waals surface area contributed by atoms with Crippen LogP contribution in [0.5, 0.6) is 0 Å². The Morgan fingerprint density at radius 3 is 2.56 bits per heavy atom. The lowest BCUT2D eigenvalue weighted by atomic mass is 10.2. The lowest BCUT2D eigenvalue weighted by Gasteiger charge is -2.18. The van der Waals surface area contributed by atoms with E-state index >= 15 is 0 Å². The largest absolute Gasteiger partial charge is 0.381 e. The van der Waals surface area contributed by atoms with Crippen LogP contribution in [0.25, 0.3) is 0 Å². The number of aliphatic hydroxyl groups excluding tert-OH is 1. The Morgan fingerprint density at radius 1 is 1.38 bits per heavy atom. The molecule has 2 fully saturated rings. The van der Waals surface area contributed by atoms with Gasteiger partial charge < -0.3 is 15.2 Å². The summed E-state index contributed by atoms with van der Waals surface area (Å²) in [6.07, 6.45) is 3.40. The van der Waals surface area contributed by atoms with Crippen LogP contribution < -0.4 is 5.32 Å². The predicted octanol–water partition coefficient (Wildman–Crippen LogP) is 0.689. The molecule has 0 aliphatic heterocycles. The van der Waals surface area contributed by atoms with E-state index in [2.05, 4.69) is 5.32 Å². The van der Waals surface area contributed by atoms with Crippen LogP contribution >= 0.6 is 0 Å². The van der Waals surface area contributed by atoms with Gasteiger partial charge in [-0.05, 0) is 44.4 Å². The van der Waals surface area contributed by atoms with Crippen LogP contribution in [0.15, 0.2) is 0 Å². The molecule has 0 radical (unpaired) electrons. The van der Waals surface area contributed by atoms with Crippen LogP contribution in [0.2, 0.25) is 0 Å². The van der Waals surface area contributed by atoms with Crippen molar-refractivity contribution in [1.82, 2.24) is 5.32 Å². The molecule has 2 rings (SSSR count). The van der Waals surface area contributed by atoms with Gasteiger partial charge in [0.2, 0.25) is 0 Å². The molecule has 0 aromatic carbocycles. The van der Waals surface area contributed by atoms with Crippen LogP contribution in [0, 0.1) is 11.8 Å². The molecule has 92 valence electrons. The van der Waals surface area contributed by atoms with Gasteiger partial charge in [0.05, 0.1) is 6.10 Å². The van der Waals surface area contributed by atoms with E-state index in [-0.39, 0.29) is 5.91 Å². The third-order valence-corrected chi connectivity index (χ3v) is 3.27. The Balaban J connectivity index is 1.62. The summed E-state index contributed by atoms with van der Waals surface area (Å²) >= 11 is 0. The van der Waals surface area contributed by atoms with Crippen LogP contribution in [0.1, 0.15) is 32.6 Å². The molecular formula is C12H21NO3. The predicted molar refractivity (Wildman–Crippen MR) is 59.9 cm³/mol. The maximum Gasteiger partial charge on any atom is 0.251 e. The van der Waals surface area contributed by atoms with Crippen molar-refractivity contribution in [3.63, 3.8) is 0 Å². The van der Waals surface area contributed by atoms with Crippen molar-refractivity contribution in [2.24, 2.45) is 11.8 Å². The second-order valence-corrected chi connectivity index (χ2v) is 5.12. The van der Waals surface area contributed by atoms with Crippen molar-refractivity contribution >= 4 is 5.91 Å². The summed E-state index contributed by atoms with van der Waals surface area (Å²) in [6.45, 7) is 3.13. The van der Waals surface area contributed by atoms with Gasteiger partial charge in [0.25, 0.3) is 5.91 Å². The van der Waals surface area contributed by atoms with Crippen molar-refractivity contribution in [1.29, 1.82) is 0 Å². The van der Waals surface area contributed by atoms with E-state index in [0.717, 1.165) is 0 Å². The number of hydrogen-bond donors (Lipinski definition) is 2. The first-order valence-electron chi connectivity index (χ1n) is 6.24. The van der Waals surface area contributed by atoms with E-state index < -0.39 is 12.2 Å². The molecule has 0 bridgehead atoms. The Morgan fingerprint density at radius 2 is 2.00 bits per heavy atom. The second-order valence-electron chi connectivity index (χ2n) is 5.12. The summed E-state index contributed by atoms with van der Waals surface area (Å²) in [6, 6.07) is 0. The minimum atomic E-state index is -1.03. The van der Waals surface area contributed by atoms with Crippen molar-refractivity contribution in [3.05, 3.63) is 0 Å². The van der Waals surface area contributed by atoms with E-state index in [9.17, 15) is 9.90 Å². The highest BCUT2D eigenvalue weighted by Crippen LogP contribution is 2.29. The van der Waals surface area contributed by atoms with Gasteiger partial charge in [-0.3, -0.25) is 4.79 Å². The molecule has 0 aromatic heterocycles. The summed E-state index contributed by atoms with van der Waals surface area (Å²) in [4.78, 5) is 11.5. The SMILES string of the molecule is CC(OCC1CC1)C(O)C(=O)NCC1CC1. The third-order valence-electron chi connectivity index (χ3n) is 3.27. The first-order valence-corrected chi connectivity index (χ1v) is 6.24. The van der Waals surface area contributed by atoms with Gasteiger partial charge in [-0.25, -0.2) is 0 Å². The number of rotatable bonds is 7. The highest BCUT2D eigenvalue weighted by atomic mass is 16.5. The van der Waals surface area contributed by atoms with E-state index in [1.807, 2.05) is 0 Å². The van der Waals surface area contributed by atoms with E-state index in [4.69, 9.17) is 4.74 Å². The molecule has 2 aliphatic rings. The molecule has 2 unspecified atom stereocenters. The van der Waals surface area contributed by atoms with Gasteiger partial charge in [-0.1, -0.05) is 0 Å². The molecule has 16 heavy (non-hydrogen) atoms. The normalized spacial score (nSPS) is 23.9. The molecule has 2 aliphatic carbocycles. The molecule has 0 heterocycles. The summed E-state index contributed by atoms with van der Waals surface area (Å²) in [5.41, 5.74) is 0. The van der Waals surface area contributed by atoms with Crippen molar-refractivity contribution < 1.29 is 14.6 Å². The zero-order valence-electron chi connectivity index (χ0n) is 9.82. The Hall–Kier alpha value is -0.610. The van der Waals surface area contributed by atoms with E-state index in [1.54, 1.807) is 6.92 Å². The zero-order chi connectivity index (χ0) is 11.5. The molecule has 2 saturated carbocycles. The maximum atomic E-state index is 11.5. The number of carbonyl (C=O) groups is 1. The average molecular weight is 227 g/mol. The van der Waals surface area contributed by atoms with Crippen molar-refractivity contribution in [2.75, 3.05) is 13.2 Å². The number of carbonyl (C=O) groups excluding carboxylic acids is 1. The minimum Gasteiger partial charge on any atom is -0.381 e. The number of nitrogens with one attached hydrogen (secondary N) is 1. The number of ether oxygens (including phenoxy) is 1. The van der Waals surface area contributed by atoms with Crippen LogP contribution in [-0.2, 0) is 9.53 Å². The number of amides is 1. The smallest absolute Gasteiger partial charge is 0.251 e. The highest BCUT2D eigenvalue weighted by Gasteiger charge is 2.28. The fourth-order valence-corrected chi connectivity index (χ4v) is 1.55. The monoisotopic (exact) mass is 227 g/mol. The van der Waals surface area contributed by atoms with Crippen LogP contribution in [0.4, 0.5) is 0 Å². The lowest BCUT2D eigenvalue weighted by molar-refractivity contribution is -0.137.